The van der Waals surface area contributed by atoms with E-state index in [0.29, 0.717) is 12.2 Å². The van der Waals surface area contributed by atoms with Crippen molar-refractivity contribution in [2.24, 2.45) is 0 Å². The van der Waals surface area contributed by atoms with Crippen LogP contribution < -0.4 is 0 Å². The number of carboxylic acid groups (broad SMARTS) is 1. The van der Waals surface area contributed by atoms with Gasteiger partial charge in [0, 0.05) is 0 Å². The highest BCUT2D eigenvalue weighted by atomic mass is 32.1. The lowest BCUT2D eigenvalue weighted by Crippen LogP contribution is -2.13. The summed E-state index contributed by atoms with van der Waals surface area (Å²) < 4.78 is 0. The summed E-state index contributed by atoms with van der Waals surface area (Å²) in [7, 11) is 0. The van der Waals surface area contributed by atoms with Crippen molar-refractivity contribution in [2.75, 3.05) is 5.75 Å². The number of rotatable bonds is 3. The molecule has 1 N–H and O–H groups in total. The van der Waals surface area contributed by atoms with E-state index in [4.69, 9.17) is 5.11 Å². The van der Waals surface area contributed by atoms with Crippen LogP contribution in [0.15, 0.2) is 0 Å². The molecule has 0 rings (SSSR count). The Labute approximate surface area is 59.1 Å². The van der Waals surface area contributed by atoms with E-state index in [2.05, 4.69) is 25.3 Å². The van der Waals surface area contributed by atoms with Crippen LogP contribution in [0.25, 0.3) is 0 Å². The predicted octanol–water partition coefficient (Wildman–Crippen LogP) is 0.689. The summed E-state index contributed by atoms with van der Waals surface area (Å²) >= 11 is 7.60. The van der Waals surface area contributed by atoms with Crippen molar-refractivity contribution in [3.63, 3.8) is 0 Å². The first kappa shape index (κ1) is 8.17. The SMILES string of the molecule is O=C(O)[C@@H](S)CCS. The second kappa shape index (κ2) is 4.09. The predicted molar refractivity (Wildman–Crippen MR) is 38.9 cm³/mol. The van der Waals surface area contributed by atoms with Crippen LogP contribution >= 0.6 is 25.3 Å². The van der Waals surface area contributed by atoms with Crippen molar-refractivity contribution in [3.8, 4) is 0 Å². The highest BCUT2D eigenvalue weighted by Gasteiger charge is 2.08. The molecule has 0 fully saturated rings. The second-order valence-corrected chi connectivity index (χ2v) is 2.44. The van der Waals surface area contributed by atoms with Crippen LogP contribution in [-0.2, 0) is 4.79 Å². The van der Waals surface area contributed by atoms with Gasteiger partial charge in [-0.25, -0.2) is 0 Å². The molecule has 0 amide bonds. The highest BCUT2D eigenvalue weighted by Crippen LogP contribution is 2.01. The van der Waals surface area contributed by atoms with Gasteiger partial charge in [-0.3, -0.25) is 4.79 Å². The molecular formula is C4H8O2S2. The molecular weight excluding hydrogens is 144 g/mol. The first-order valence-corrected chi connectivity index (χ1v) is 3.35. The quantitative estimate of drug-likeness (QED) is 0.520. The zero-order chi connectivity index (χ0) is 6.57. The minimum atomic E-state index is -0.873. The summed E-state index contributed by atoms with van der Waals surface area (Å²) in [4.78, 5) is 9.98. The van der Waals surface area contributed by atoms with E-state index in [0.717, 1.165) is 0 Å². The van der Waals surface area contributed by atoms with Crippen LogP contribution in [-0.4, -0.2) is 22.1 Å². The van der Waals surface area contributed by atoms with Crippen molar-refractivity contribution >= 4 is 31.2 Å². The lowest BCUT2D eigenvalue weighted by atomic mass is 10.3. The molecule has 0 bridgehead atoms. The topological polar surface area (TPSA) is 37.3 Å². The molecule has 0 aliphatic carbocycles. The van der Waals surface area contributed by atoms with Crippen LogP contribution in [0.5, 0.6) is 0 Å². The molecule has 0 aliphatic heterocycles. The largest absolute Gasteiger partial charge is 0.480 e. The van der Waals surface area contributed by atoms with Gasteiger partial charge >= 0.3 is 5.97 Å². The van der Waals surface area contributed by atoms with Gasteiger partial charge in [0.05, 0.1) is 0 Å². The molecule has 48 valence electrons. The van der Waals surface area contributed by atoms with Crippen molar-refractivity contribution in [1.29, 1.82) is 0 Å². The van der Waals surface area contributed by atoms with Crippen LogP contribution in [0, 0.1) is 0 Å². The maximum atomic E-state index is 9.98. The Bertz CT molecular complexity index is 84.1. The Balaban J connectivity index is 3.32. The van der Waals surface area contributed by atoms with Gasteiger partial charge in [0.25, 0.3) is 0 Å². The Morgan fingerprint density at radius 3 is 2.38 bits per heavy atom. The van der Waals surface area contributed by atoms with Gasteiger partial charge in [-0.2, -0.15) is 25.3 Å². The molecule has 0 aromatic heterocycles. The minimum Gasteiger partial charge on any atom is -0.480 e. The molecule has 4 heteroatoms. The number of carboxylic acids is 1. The first-order chi connectivity index (χ1) is 3.68. The number of thiol groups is 2. The fourth-order valence-electron chi connectivity index (χ4n) is 0.246. The zero-order valence-corrected chi connectivity index (χ0v) is 6.03. The lowest BCUT2D eigenvalue weighted by Gasteiger charge is -1.98. The van der Waals surface area contributed by atoms with E-state index in [9.17, 15) is 4.79 Å². The number of aliphatic carboxylic acids is 1. The Hall–Kier alpha value is 0.170. The minimum absolute atomic E-state index is 0.515. The van der Waals surface area contributed by atoms with Gasteiger partial charge in [0.2, 0.25) is 0 Å². The fraction of sp³-hybridized carbons (Fsp3) is 0.750. The number of hydrogen-bond acceptors (Lipinski definition) is 3. The molecule has 0 aromatic rings. The molecule has 8 heavy (non-hydrogen) atoms. The highest BCUT2D eigenvalue weighted by molar-refractivity contribution is 7.82. The third-order valence-corrected chi connectivity index (χ3v) is 1.42. The van der Waals surface area contributed by atoms with E-state index in [-0.39, 0.29) is 0 Å². The van der Waals surface area contributed by atoms with Gasteiger partial charge in [-0.05, 0) is 12.2 Å². The average Bonchev–Trinajstić information content (AvgIpc) is 1.67. The zero-order valence-electron chi connectivity index (χ0n) is 4.24. The van der Waals surface area contributed by atoms with Crippen LogP contribution in [0.4, 0.5) is 0 Å². The Kier molecular flexibility index (Phi) is 4.18. The molecule has 0 radical (unpaired) electrons. The van der Waals surface area contributed by atoms with Crippen molar-refractivity contribution in [3.05, 3.63) is 0 Å². The summed E-state index contributed by atoms with van der Waals surface area (Å²) in [5, 5.41) is 7.65. The molecule has 2 nitrogen and oxygen atoms in total. The average molecular weight is 152 g/mol. The van der Waals surface area contributed by atoms with Gasteiger partial charge in [0.15, 0.2) is 0 Å². The molecule has 0 unspecified atom stereocenters. The number of carbonyl (C=O) groups is 1. The lowest BCUT2D eigenvalue weighted by molar-refractivity contribution is -0.136. The molecule has 1 atom stereocenters. The van der Waals surface area contributed by atoms with E-state index >= 15 is 0 Å². The van der Waals surface area contributed by atoms with Gasteiger partial charge in [-0.15, -0.1) is 0 Å². The van der Waals surface area contributed by atoms with E-state index < -0.39 is 11.2 Å². The third-order valence-electron chi connectivity index (χ3n) is 0.688. The Morgan fingerprint density at radius 1 is 1.75 bits per heavy atom. The first-order valence-electron chi connectivity index (χ1n) is 2.20. The monoisotopic (exact) mass is 152 g/mol. The summed E-state index contributed by atoms with van der Waals surface area (Å²) in [6, 6.07) is 0. The summed E-state index contributed by atoms with van der Waals surface area (Å²) in [5.74, 6) is -0.303. The molecule has 0 saturated heterocycles. The molecule has 0 heterocycles. The summed E-state index contributed by atoms with van der Waals surface area (Å²) in [6.07, 6.45) is 0.515. The maximum Gasteiger partial charge on any atom is 0.316 e. The molecule has 0 aliphatic rings. The standard InChI is InChI=1S/C4H8O2S2/c5-4(6)3(8)1-2-7/h3,7-8H,1-2H2,(H,5,6)/t3-/m0/s1. The number of hydrogen-bond donors (Lipinski definition) is 3. The third kappa shape index (κ3) is 3.21. The van der Waals surface area contributed by atoms with Gasteiger partial charge < -0.3 is 5.11 Å². The van der Waals surface area contributed by atoms with E-state index in [1.165, 1.54) is 0 Å². The fourth-order valence-corrected chi connectivity index (χ4v) is 0.837. The van der Waals surface area contributed by atoms with Gasteiger partial charge in [0.1, 0.15) is 5.25 Å². The van der Waals surface area contributed by atoms with E-state index in [1.54, 1.807) is 0 Å². The van der Waals surface area contributed by atoms with Crippen LogP contribution in [0.2, 0.25) is 0 Å². The Morgan fingerprint density at radius 2 is 2.25 bits per heavy atom. The molecule has 0 aromatic carbocycles. The van der Waals surface area contributed by atoms with E-state index in [1.807, 2.05) is 0 Å². The smallest absolute Gasteiger partial charge is 0.316 e. The maximum absolute atomic E-state index is 9.98. The van der Waals surface area contributed by atoms with Crippen LogP contribution in [0.3, 0.4) is 0 Å². The normalized spacial score (nSPS) is 13.2. The van der Waals surface area contributed by atoms with Crippen molar-refractivity contribution < 1.29 is 9.90 Å². The van der Waals surface area contributed by atoms with Gasteiger partial charge in [-0.1, -0.05) is 0 Å². The second-order valence-electron chi connectivity index (χ2n) is 1.37. The van der Waals surface area contributed by atoms with Crippen molar-refractivity contribution in [1.82, 2.24) is 0 Å². The summed E-state index contributed by atoms with van der Waals surface area (Å²) in [6.45, 7) is 0. The molecule has 0 saturated carbocycles. The molecule has 0 spiro atoms. The van der Waals surface area contributed by atoms with Crippen LogP contribution in [0.1, 0.15) is 6.42 Å². The summed E-state index contributed by atoms with van der Waals surface area (Å²) in [5.41, 5.74) is 0. The van der Waals surface area contributed by atoms with Crippen molar-refractivity contribution in [2.45, 2.75) is 11.7 Å².